The molecule has 2 heterocycles. The van der Waals surface area contributed by atoms with Gasteiger partial charge in [-0.3, -0.25) is 4.79 Å². The van der Waals surface area contributed by atoms with Crippen LogP contribution < -0.4 is 5.32 Å². The monoisotopic (exact) mass is 333 g/mol. The molecule has 0 radical (unpaired) electrons. The van der Waals surface area contributed by atoms with Crippen LogP contribution in [0.15, 0.2) is 47.1 Å². The van der Waals surface area contributed by atoms with Gasteiger partial charge in [0, 0.05) is 5.56 Å². The largest absolute Gasteiger partial charge is 0.467 e. The zero-order valence-corrected chi connectivity index (χ0v) is 14.1. The van der Waals surface area contributed by atoms with Gasteiger partial charge in [-0.2, -0.15) is 0 Å². The highest BCUT2D eigenvalue weighted by Crippen LogP contribution is 2.43. The number of benzene rings is 1. The molecular formula is C17H19NO2S2. The normalized spacial score (nSPS) is 17.1. The number of nitrogens with one attached hydrogen (secondary N) is 1. The molecule has 1 atom stereocenters. The lowest BCUT2D eigenvalue weighted by Gasteiger charge is -2.21. The summed E-state index contributed by atoms with van der Waals surface area (Å²) in [5.41, 5.74) is 1.98. The Morgan fingerprint density at radius 2 is 1.95 bits per heavy atom. The number of thioether (sulfide) groups is 2. The molecule has 5 heteroatoms. The lowest BCUT2D eigenvalue weighted by atomic mass is 10.1. The second-order valence-corrected chi connectivity index (χ2v) is 7.98. The quantitative estimate of drug-likeness (QED) is 0.885. The molecule has 0 spiro atoms. The molecule has 22 heavy (non-hydrogen) atoms. The number of carbonyl (C=O) groups excluding carboxylic acids is 1. The van der Waals surface area contributed by atoms with Crippen LogP contribution in [0.1, 0.15) is 45.7 Å². The number of hydrogen-bond acceptors (Lipinski definition) is 4. The number of amides is 1. The third-order valence-electron chi connectivity index (χ3n) is 3.59. The van der Waals surface area contributed by atoms with Gasteiger partial charge in [-0.1, -0.05) is 12.1 Å². The van der Waals surface area contributed by atoms with Gasteiger partial charge in [0.1, 0.15) is 5.76 Å². The van der Waals surface area contributed by atoms with E-state index in [0.29, 0.717) is 10.1 Å². The first-order chi connectivity index (χ1) is 10.7. The van der Waals surface area contributed by atoms with E-state index in [-0.39, 0.29) is 11.9 Å². The zero-order chi connectivity index (χ0) is 15.4. The van der Waals surface area contributed by atoms with Gasteiger partial charge in [0.05, 0.1) is 16.9 Å². The van der Waals surface area contributed by atoms with Crippen LogP contribution in [0.4, 0.5) is 0 Å². The minimum atomic E-state index is -0.133. The van der Waals surface area contributed by atoms with Crippen LogP contribution in [0.5, 0.6) is 0 Å². The van der Waals surface area contributed by atoms with Crippen molar-refractivity contribution in [2.45, 2.75) is 24.0 Å². The van der Waals surface area contributed by atoms with Gasteiger partial charge in [-0.15, -0.1) is 23.5 Å². The summed E-state index contributed by atoms with van der Waals surface area (Å²) in [6.45, 7) is 1.92. The molecule has 1 amide bonds. The molecule has 2 aromatic rings. The first-order valence-electron chi connectivity index (χ1n) is 7.41. The van der Waals surface area contributed by atoms with E-state index in [1.54, 1.807) is 6.26 Å². The fourth-order valence-corrected chi connectivity index (χ4v) is 5.25. The SMILES string of the molecule is C[C@H](NC(=O)c1ccc(C2SCCCS2)cc1)c1ccco1. The lowest BCUT2D eigenvalue weighted by Crippen LogP contribution is -2.26. The predicted molar refractivity (Wildman–Crippen MR) is 93.3 cm³/mol. The van der Waals surface area contributed by atoms with Gasteiger partial charge in [0.25, 0.3) is 5.91 Å². The summed E-state index contributed by atoms with van der Waals surface area (Å²) in [5.74, 6) is 3.14. The van der Waals surface area contributed by atoms with E-state index < -0.39 is 0 Å². The van der Waals surface area contributed by atoms with Gasteiger partial charge < -0.3 is 9.73 Å². The van der Waals surface area contributed by atoms with Gasteiger partial charge in [0.15, 0.2) is 0 Å². The summed E-state index contributed by atoms with van der Waals surface area (Å²) in [6.07, 6.45) is 2.91. The van der Waals surface area contributed by atoms with E-state index in [2.05, 4.69) is 17.4 Å². The van der Waals surface area contributed by atoms with Crippen LogP contribution in [0, 0.1) is 0 Å². The molecule has 1 aliphatic heterocycles. The Labute approximate surface area is 139 Å². The maximum atomic E-state index is 12.3. The summed E-state index contributed by atoms with van der Waals surface area (Å²) in [6, 6.07) is 11.5. The Morgan fingerprint density at radius 1 is 1.23 bits per heavy atom. The van der Waals surface area contributed by atoms with Crippen molar-refractivity contribution in [3.63, 3.8) is 0 Å². The highest BCUT2D eigenvalue weighted by molar-refractivity contribution is 8.16. The molecule has 1 aromatic heterocycles. The molecular weight excluding hydrogens is 314 g/mol. The van der Waals surface area contributed by atoms with Crippen molar-refractivity contribution in [3.8, 4) is 0 Å². The third-order valence-corrected chi connectivity index (χ3v) is 6.60. The molecule has 3 nitrogen and oxygen atoms in total. The average molecular weight is 333 g/mol. The van der Waals surface area contributed by atoms with Crippen molar-refractivity contribution < 1.29 is 9.21 Å². The molecule has 0 bridgehead atoms. The molecule has 1 aromatic carbocycles. The Kier molecular flexibility index (Phi) is 5.16. The smallest absolute Gasteiger partial charge is 0.251 e. The van der Waals surface area contributed by atoms with Crippen molar-refractivity contribution >= 4 is 29.4 Å². The highest BCUT2D eigenvalue weighted by Gasteiger charge is 2.18. The Bertz CT molecular complexity index is 604. The molecule has 1 aliphatic rings. The van der Waals surface area contributed by atoms with E-state index in [0.717, 1.165) is 5.76 Å². The van der Waals surface area contributed by atoms with Crippen molar-refractivity contribution in [1.82, 2.24) is 5.32 Å². The van der Waals surface area contributed by atoms with E-state index in [1.165, 1.54) is 23.5 Å². The van der Waals surface area contributed by atoms with Crippen LogP contribution in [0.3, 0.4) is 0 Å². The first kappa shape index (κ1) is 15.6. The second-order valence-electron chi connectivity index (χ2n) is 5.26. The highest BCUT2D eigenvalue weighted by atomic mass is 32.2. The lowest BCUT2D eigenvalue weighted by molar-refractivity contribution is 0.0935. The molecule has 116 valence electrons. The van der Waals surface area contributed by atoms with Gasteiger partial charge >= 0.3 is 0 Å². The van der Waals surface area contributed by atoms with Crippen molar-refractivity contribution in [2.75, 3.05) is 11.5 Å². The molecule has 1 fully saturated rings. The van der Waals surface area contributed by atoms with E-state index >= 15 is 0 Å². The summed E-state index contributed by atoms with van der Waals surface area (Å²) < 4.78 is 5.82. The minimum Gasteiger partial charge on any atom is -0.467 e. The third kappa shape index (κ3) is 3.70. The summed E-state index contributed by atoms with van der Waals surface area (Å²) in [4.78, 5) is 12.3. The average Bonchev–Trinajstić information content (AvgIpc) is 3.10. The van der Waals surface area contributed by atoms with Gasteiger partial charge in [-0.05, 0) is 54.7 Å². The molecule has 0 aliphatic carbocycles. The topological polar surface area (TPSA) is 42.2 Å². The van der Waals surface area contributed by atoms with Crippen molar-refractivity contribution in [3.05, 3.63) is 59.5 Å². The maximum absolute atomic E-state index is 12.3. The van der Waals surface area contributed by atoms with Crippen LogP contribution >= 0.6 is 23.5 Å². The van der Waals surface area contributed by atoms with Crippen molar-refractivity contribution in [1.29, 1.82) is 0 Å². The van der Waals surface area contributed by atoms with Crippen molar-refractivity contribution in [2.24, 2.45) is 0 Å². The molecule has 0 saturated carbocycles. The minimum absolute atomic E-state index is 0.0700. The zero-order valence-electron chi connectivity index (χ0n) is 12.5. The van der Waals surface area contributed by atoms with Gasteiger partial charge in [-0.25, -0.2) is 0 Å². The fraction of sp³-hybridized carbons (Fsp3) is 0.353. The number of hydrogen-bond donors (Lipinski definition) is 1. The number of furan rings is 1. The van der Waals surface area contributed by atoms with E-state index in [4.69, 9.17) is 4.42 Å². The van der Waals surface area contributed by atoms with Crippen LogP contribution in [0.25, 0.3) is 0 Å². The first-order valence-corrected chi connectivity index (χ1v) is 9.51. The number of carbonyl (C=O) groups is 1. The standard InChI is InChI=1S/C17H19NO2S2/c1-12(15-4-2-9-20-15)18-16(19)13-5-7-14(8-6-13)17-21-10-3-11-22-17/h2,4-9,12,17H,3,10-11H2,1H3,(H,18,19)/t12-/m0/s1. The summed E-state index contributed by atoms with van der Waals surface area (Å²) >= 11 is 3.98. The fourth-order valence-electron chi connectivity index (χ4n) is 2.36. The van der Waals surface area contributed by atoms with E-state index in [9.17, 15) is 4.79 Å². The van der Waals surface area contributed by atoms with Crippen LogP contribution in [-0.2, 0) is 0 Å². The predicted octanol–water partition coefficient (Wildman–Crippen LogP) is 4.64. The molecule has 0 unspecified atom stereocenters. The number of rotatable bonds is 4. The van der Waals surface area contributed by atoms with Crippen LogP contribution in [-0.4, -0.2) is 17.4 Å². The summed E-state index contributed by atoms with van der Waals surface area (Å²) in [7, 11) is 0. The Hall–Kier alpha value is -1.33. The second kappa shape index (κ2) is 7.29. The molecule has 3 rings (SSSR count). The van der Waals surface area contributed by atoms with Crippen LogP contribution in [0.2, 0.25) is 0 Å². The Morgan fingerprint density at radius 3 is 2.59 bits per heavy atom. The summed E-state index contributed by atoms with van der Waals surface area (Å²) in [5, 5.41) is 2.95. The maximum Gasteiger partial charge on any atom is 0.251 e. The van der Waals surface area contributed by atoms with E-state index in [1.807, 2.05) is 54.7 Å². The van der Waals surface area contributed by atoms with Gasteiger partial charge in [0.2, 0.25) is 0 Å². The molecule has 1 saturated heterocycles. The Balaban J connectivity index is 1.63. The molecule has 1 N–H and O–H groups in total.